The van der Waals surface area contributed by atoms with Gasteiger partial charge in [-0.15, -0.1) is 0 Å². The zero-order valence-corrected chi connectivity index (χ0v) is 15.6. The SMILES string of the molecule is CC[C@@H](CNC(=O)c1nn(-c2ccccc2)c(C)cc1=O)c1ccccc1. The van der Waals surface area contributed by atoms with Gasteiger partial charge in [0.15, 0.2) is 5.69 Å². The van der Waals surface area contributed by atoms with Crippen molar-refractivity contribution in [3.05, 3.63) is 93.9 Å². The van der Waals surface area contributed by atoms with Crippen LogP contribution < -0.4 is 10.7 Å². The van der Waals surface area contributed by atoms with E-state index in [1.54, 1.807) is 11.6 Å². The van der Waals surface area contributed by atoms with Crippen LogP contribution >= 0.6 is 0 Å². The molecule has 0 aliphatic rings. The van der Waals surface area contributed by atoms with E-state index >= 15 is 0 Å². The monoisotopic (exact) mass is 361 g/mol. The maximum Gasteiger partial charge on any atom is 0.275 e. The number of hydrogen-bond acceptors (Lipinski definition) is 3. The Balaban J connectivity index is 1.81. The average molecular weight is 361 g/mol. The second-order valence-electron chi connectivity index (χ2n) is 6.47. The van der Waals surface area contributed by atoms with Crippen molar-refractivity contribution in [2.75, 3.05) is 6.54 Å². The average Bonchev–Trinajstić information content (AvgIpc) is 2.70. The lowest BCUT2D eigenvalue weighted by Gasteiger charge is -2.16. The van der Waals surface area contributed by atoms with Crippen LogP contribution in [0.2, 0.25) is 0 Å². The van der Waals surface area contributed by atoms with E-state index in [-0.39, 0.29) is 17.0 Å². The first-order valence-corrected chi connectivity index (χ1v) is 9.09. The van der Waals surface area contributed by atoms with Gasteiger partial charge in [0.1, 0.15) is 0 Å². The number of hydrogen-bond donors (Lipinski definition) is 1. The summed E-state index contributed by atoms with van der Waals surface area (Å²) in [7, 11) is 0. The van der Waals surface area contributed by atoms with E-state index in [4.69, 9.17) is 0 Å². The van der Waals surface area contributed by atoms with E-state index in [0.29, 0.717) is 12.2 Å². The van der Waals surface area contributed by atoms with Crippen molar-refractivity contribution in [3.63, 3.8) is 0 Å². The summed E-state index contributed by atoms with van der Waals surface area (Å²) in [4.78, 5) is 24.9. The number of nitrogens with zero attached hydrogens (tertiary/aromatic N) is 2. The van der Waals surface area contributed by atoms with Gasteiger partial charge in [-0.2, -0.15) is 5.10 Å². The van der Waals surface area contributed by atoms with Crippen molar-refractivity contribution >= 4 is 5.91 Å². The molecule has 1 atom stereocenters. The molecule has 1 amide bonds. The Kier molecular flexibility index (Phi) is 5.81. The Hall–Kier alpha value is -3.21. The first kappa shape index (κ1) is 18.6. The lowest BCUT2D eigenvalue weighted by molar-refractivity contribution is 0.0943. The van der Waals surface area contributed by atoms with Crippen molar-refractivity contribution in [3.8, 4) is 5.69 Å². The molecule has 5 nitrogen and oxygen atoms in total. The maximum absolute atomic E-state index is 12.6. The van der Waals surface area contributed by atoms with Crippen LogP contribution in [0.3, 0.4) is 0 Å². The van der Waals surface area contributed by atoms with Gasteiger partial charge in [-0.05, 0) is 31.0 Å². The minimum atomic E-state index is -0.445. The fourth-order valence-corrected chi connectivity index (χ4v) is 3.06. The molecule has 0 saturated carbocycles. The Morgan fingerprint density at radius 2 is 1.70 bits per heavy atom. The van der Waals surface area contributed by atoms with Gasteiger partial charge >= 0.3 is 0 Å². The van der Waals surface area contributed by atoms with Crippen LogP contribution in [0.4, 0.5) is 0 Å². The fourth-order valence-electron chi connectivity index (χ4n) is 3.06. The second-order valence-corrected chi connectivity index (χ2v) is 6.47. The van der Waals surface area contributed by atoms with Gasteiger partial charge in [0, 0.05) is 24.2 Å². The summed E-state index contributed by atoms with van der Waals surface area (Å²) in [6.45, 7) is 4.33. The van der Waals surface area contributed by atoms with E-state index in [1.807, 2.05) is 60.7 Å². The maximum atomic E-state index is 12.6. The molecule has 0 aliphatic carbocycles. The molecule has 0 radical (unpaired) electrons. The van der Waals surface area contributed by atoms with Crippen LogP contribution in [0.1, 0.15) is 41.0 Å². The molecule has 0 aliphatic heterocycles. The first-order chi connectivity index (χ1) is 13.1. The summed E-state index contributed by atoms with van der Waals surface area (Å²) in [6, 6.07) is 20.9. The number of carbonyl (C=O) groups excluding carboxylic acids is 1. The van der Waals surface area contributed by atoms with Crippen LogP contribution in [0.25, 0.3) is 5.69 Å². The quantitative estimate of drug-likeness (QED) is 0.731. The molecule has 2 aromatic carbocycles. The molecule has 1 heterocycles. The van der Waals surface area contributed by atoms with Gasteiger partial charge in [0.25, 0.3) is 5.91 Å². The summed E-state index contributed by atoms with van der Waals surface area (Å²) in [6.07, 6.45) is 0.889. The van der Waals surface area contributed by atoms with Gasteiger partial charge in [0.05, 0.1) is 5.69 Å². The Morgan fingerprint density at radius 3 is 2.33 bits per heavy atom. The van der Waals surface area contributed by atoms with E-state index in [0.717, 1.165) is 12.1 Å². The Bertz CT molecular complexity index is 966. The number of amides is 1. The predicted molar refractivity (Wildman–Crippen MR) is 106 cm³/mol. The lowest BCUT2D eigenvalue weighted by Crippen LogP contribution is -2.34. The highest BCUT2D eigenvalue weighted by molar-refractivity contribution is 5.92. The van der Waals surface area contributed by atoms with Gasteiger partial charge in [-0.3, -0.25) is 9.59 Å². The number of nitrogens with one attached hydrogen (secondary N) is 1. The third-order valence-electron chi connectivity index (χ3n) is 4.60. The minimum absolute atomic E-state index is 0.0904. The number of aromatic nitrogens is 2. The highest BCUT2D eigenvalue weighted by atomic mass is 16.2. The molecule has 0 saturated heterocycles. The minimum Gasteiger partial charge on any atom is -0.350 e. The van der Waals surface area contributed by atoms with Gasteiger partial charge < -0.3 is 5.32 Å². The standard InChI is InChI=1S/C22H23N3O2/c1-3-17(18-10-6-4-7-11-18)15-23-22(27)21-20(26)14-16(2)25(24-21)19-12-8-5-9-13-19/h4-14,17H,3,15H2,1-2H3,(H,23,27)/t17-/m0/s1. The summed E-state index contributed by atoms with van der Waals surface area (Å²) in [5.74, 6) is -0.254. The summed E-state index contributed by atoms with van der Waals surface area (Å²) >= 11 is 0. The third-order valence-corrected chi connectivity index (χ3v) is 4.60. The molecule has 0 bridgehead atoms. The van der Waals surface area contributed by atoms with Gasteiger partial charge in [-0.25, -0.2) is 4.68 Å². The molecule has 3 rings (SSSR count). The van der Waals surface area contributed by atoms with Gasteiger partial charge in [0.2, 0.25) is 5.43 Å². The predicted octanol–water partition coefficient (Wildman–Crippen LogP) is 3.46. The lowest BCUT2D eigenvalue weighted by atomic mass is 9.96. The molecule has 0 fully saturated rings. The zero-order valence-electron chi connectivity index (χ0n) is 15.6. The van der Waals surface area contributed by atoms with Crippen molar-refractivity contribution < 1.29 is 4.79 Å². The highest BCUT2D eigenvalue weighted by Crippen LogP contribution is 2.18. The third kappa shape index (κ3) is 4.31. The molecule has 3 aromatic rings. The van der Waals surface area contributed by atoms with E-state index in [2.05, 4.69) is 17.3 Å². The smallest absolute Gasteiger partial charge is 0.275 e. The van der Waals surface area contributed by atoms with Crippen LogP contribution in [0.5, 0.6) is 0 Å². The van der Waals surface area contributed by atoms with Gasteiger partial charge in [-0.1, -0.05) is 55.5 Å². The second kappa shape index (κ2) is 8.45. The normalized spacial score (nSPS) is 11.8. The molecule has 138 valence electrons. The van der Waals surface area contributed by atoms with E-state index < -0.39 is 5.91 Å². The molecule has 1 aromatic heterocycles. The number of aryl methyl sites for hydroxylation is 1. The van der Waals surface area contributed by atoms with Crippen LogP contribution in [-0.2, 0) is 0 Å². The summed E-state index contributed by atoms with van der Waals surface area (Å²) in [5, 5.41) is 7.18. The topological polar surface area (TPSA) is 64.0 Å². The Labute approximate surface area is 158 Å². The molecule has 27 heavy (non-hydrogen) atoms. The number of rotatable bonds is 6. The summed E-state index contributed by atoms with van der Waals surface area (Å²) in [5.41, 5.74) is 2.19. The van der Waals surface area contributed by atoms with Crippen LogP contribution in [0.15, 0.2) is 71.5 Å². The molecular weight excluding hydrogens is 338 g/mol. The van der Waals surface area contributed by atoms with Crippen molar-refractivity contribution in [1.82, 2.24) is 15.1 Å². The fraction of sp³-hybridized carbons (Fsp3) is 0.227. The van der Waals surface area contributed by atoms with E-state index in [9.17, 15) is 9.59 Å². The van der Waals surface area contributed by atoms with Crippen LogP contribution in [0, 0.1) is 6.92 Å². The molecular formula is C22H23N3O2. The first-order valence-electron chi connectivity index (χ1n) is 9.09. The summed E-state index contributed by atoms with van der Waals surface area (Å²) < 4.78 is 1.62. The largest absolute Gasteiger partial charge is 0.350 e. The zero-order chi connectivity index (χ0) is 19.2. The van der Waals surface area contributed by atoms with E-state index in [1.165, 1.54) is 11.6 Å². The van der Waals surface area contributed by atoms with Crippen molar-refractivity contribution in [1.29, 1.82) is 0 Å². The van der Waals surface area contributed by atoms with Crippen molar-refractivity contribution in [2.24, 2.45) is 0 Å². The van der Waals surface area contributed by atoms with Crippen molar-refractivity contribution in [2.45, 2.75) is 26.2 Å². The number of carbonyl (C=O) groups is 1. The number of para-hydroxylation sites is 1. The molecule has 1 N–H and O–H groups in total. The van der Waals surface area contributed by atoms with Crippen LogP contribution in [-0.4, -0.2) is 22.2 Å². The Morgan fingerprint density at radius 1 is 1.07 bits per heavy atom. The molecule has 5 heteroatoms. The molecule has 0 spiro atoms. The highest BCUT2D eigenvalue weighted by Gasteiger charge is 2.17. The number of benzene rings is 2. The molecule has 0 unspecified atom stereocenters.